The summed E-state index contributed by atoms with van der Waals surface area (Å²) in [6.45, 7) is 9.27. The fourth-order valence-electron chi connectivity index (χ4n) is 3.99. The van der Waals surface area contributed by atoms with E-state index in [4.69, 9.17) is 9.72 Å². The average Bonchev–Trinajstić information content (AvgIpc) is 3.15. The predicted molar refractivity (Wildman–Crippen MR) is 130 cm³/mol. The zero-order valence-corrected chi connectivity index (χ0v) is 20.8. The van der Waals surface area contributed by atoms with Gasteiger partial charge in [-0.05, 0) is 61.8 Å². The minimum absolute atomic E-state index is 0.329. The van der Waals surface area contributed by atoms with Gasteiger partial charge in [0, 0.05) is 59.5 Å². The van der Waals surface area contributed by atoms with E-state index in [0.717, 1.165) is 52.9 Å². The highest BCUT2D eigenvalue weighted by Crippen LogP contribution is 2.32. The highest BCUT2D eigenvalue weighted by atomic mass is 79.9. The number of pyridine rings is 2. The van der Waals surface area contributed by atoms with Crippen molar-refractivity contribution >= 4 is 33.4 Å². The van der Waals surface area contributed by atoms with Crippen LogP contribution >= 0.6 is 15.9 Å². The van der Waals surface area contributed by atoms with E-state index in [2.05, 4.69) is 37.3 Å². The largest absolute Gasteiger partial charge is 0.443 e. The molecular formula is C24H27BrN6O2. The van der Waals surface area contributed by atoms with Crippen LogP contribution < -0.4 is 10.2 Å². The molecule has 1 N–H and O–H groups in total. The molecule has 0 unspecified atom stereocenters. The van der Waals surface area contributed by atoms with Crippen LogP contribution in [0.15, 0.2) is 41.3 Å². The Balaban J connectivity index is 1.47. The molecule has 8 nitrogen and oxygen atoms in total. The highest BCUT2D eigenvalue weighted by Gasteiger charge is 2.35. The fraction of sp³-hybridized carbons (Fsp3) is 0.417. The van der Waals surface area contributed by atoms with Crippen molar-refractivity contribution in [1.82, 2.24) is 19.9 Å². The van der Waals surface area contributed by atoms with Gasteiger partial charge >= 0.3 is 6.09 Å². The van der Waals surface area contributed by atoms with Gasteiger partial charge in [0.15, 0.2) is 0 Å². The van der Waals surface area contributed by atoms with Gasteiger partial charge in [0.2, 0.25) is 0 Å². The molecule has 3 aromatic rings. The summed E-state index contributed by atoms with van der Waals surface area (Å²) >= 11 is 3.52. The van der Waals surface area contributed by atoms with Gasteiger partial charge in [-0.15, -0.1) is 0 Å². The van der Waals surface area contributed by atoms with Gasteiger partial charge < -0.3 is 15.0 Å². The second-order valence-electron chi connectivity index (χ2n) is 9.64. The highest BCUT2D eigenvalue weighted by molar-refractivity contribution is 9.10. The molecule has 0 spiro atoms. The third-order valence-electron chi connectivity index (χ3n) is 5.72. The maximum absolute atomic E-state index is 12.2. The van der Waals surface area contributed by atoms with Gasteiger partial charge in [0.05, 0.1) is 17.3 Å². The Hall–Kier alpha value is -3.12. The first-order valence-electron chi connectivity index (χ1n) is 10.9. The lowest BCUT2D eigenvalue weighted by atomic mass is 9.93. The first-order valence-corrected chi connectivity index (χ1v) is 11.7. The summed E-state index contributed by atoms with van der Waals surface area (Å²) in [5, 5.41) is 16.6. The van der Waals surface area contributed by atoms with Crippen LogP contribution in [0.5, 0.6) is 0 Å². The van der Waals surface area contributed by atoms with Crippen LogP contribution in [0.1, 0.15) is 46.1 Å². The summed E-state index contributed by atoms with van der Waals surface area (Å²) in [5.74, 6) is 0.875. The van der Waals surface area contributed by atoms with Crippen molar-refractivity contribution < 1.29 is 9.53 Å². The summed E-state index contributed by atoms with van der Waals surface area (Å²) in [5.41, 5.74) is 2.25. The van der Waals surface area contributed by atoms with Crippen molar-refractivity contribution in [3.05, 3.63) is 46.8 Å². The van der Waals surface area contributed by atoms with Crippen LogP contribution in [0.2, 0.25) is 0 Å². The van der Waals surface area contributed by atoms with E-state index in [9.17, 15) is 10.1 Å². The van der Waals surface area contributed by atoms with Crippen molar-refractivity contribution in [2.45, 2.75) is 51.7 Å². The minimum atomic E-state index is -0.497. The predicted octanol–water partition coefficient (Wildman–Crippen LogP) is 4.91. The summed E-state index contributed by atoms with van der Waals surface area (Å²) in [6.07, 6.45) is 6.30. The van der Waals surface area contributed by atoms with Gasteiger partial charge in [0.1, 0.15) is 17.5 Å². The number of amides is 1. The fourth-order valence-corrected chi connectivity index (χ4v) is 4.41. The molecular weight excluding hydrogens is 484 g/mol. The molecule has 9 heteroatoms. The van der Waals surface area contributed by atoms with Crippen LogP contribution in [-0.4, -0.2) is 44.9 Å². The zero-order chi connectivity index (χ0) is 23.8. The summed E-state index contributed by atoms with van der Waals surface area (Å²) in [6, 6.07) is 8.19. The van der Waals surface area contributed by atoms with E-state index in [1.807, 2.05) is 58.3 Å². The molecule has 172 valence electrons. The number of ether oxygens (including phenoxy) is 1. The van der Waals surface area contributed by atoms with Crippen molar-refractivity contribution in [2.24, 2.45) is 0 Å². The van der Waals surface area contributed by atoms with E-state index in [1.165, 1.54) is 0 Å². The third-order valence-corrected chi connectivity index (χ3v) is 6.15. The molecule has 1 aliphatic rings. The Labute approximate surface area is 201 Å². The quantitative estimate of drug-likeness (QED) is 0.537. The number of nitriles is 1. The number of hydrogen-bond acceptors (Lipinski definition) is 6. The second kappa shape index (κ2) is 8.67. The molecule has 0 saturated carbocycles. The Bertz CT molecular complexity index is 1210. The summed E-state index contributed by atoms with van der Waals surface area (Å²) in [7, 11) is 0. The smallest absolute Gasteiger partial charge is 0.408 e. The molecule has 0 radical (unpaired) electrons. The number of rotatable bonds is 3. The number of carbonyl (C=O) groups excluding carboxylic acids is 1. The number of piperidine rings is 1. The monoisotopic (exact) mass is 510 g/mol. The van der Waals surface area contributed by atoms with Crippen LogP contribution in [0.25, 0.3) is 16.6 Å². The first kappa shape index (κ1) is 23.1. The molecule has 1 saturated heterocycles. The van der Waals surface area contributed by atoms with E-state index in [0.29, 0.717) is 5.56 Å². The molecule has 1 amide bonds. The molecule has 0 aliphatic carbocycles. The lowest BCUT2D eigenvalue weighted by Gasteiger charge is -2.39. The number of fused-ring (bicyclic) bond motifs is 1. The number of alkyl carbamates (subject to hydrolysis) is 1. The normalized spacial score (nSPS) is 15.8. The molecule has 1 fully saturated rings. The van der Waals surface area contributed by atoms with Crippen LogP contribution in [0.3, 0.4) is 0 Å². The molecule has 1 aliphatic heterocycles. The molecule has 4 rings (SSSR count). The van der Waals surface area contributed by atoms with E-state index < -0.39 is 5.60 Å². The maximum Gasteiger partial charge on any atom is 0.408 e. The van der Waals surface area contributed by atoms with Crippen LogP contribution in [0, 0.1) is 11.3 Å². The number of anilines is 1. The van der Waals surface area contributed by atoms with E-state index >= 15 is 0 Å². The maximum atomic E-state index is 12.2. The number of nitrogens with zero attached hydrogens (tertiary/aromatic N) is 5. The van der Waals surface area contributed by atoms with Gasteiger partial charge in [-0.3, -0.25) is 0 Å². The van der Waals surface area contributed by atoms with E-state index in [1.54, 1.807) is 10.7 Å². The number of nitrogens with one attached hydrogen (secondary N) is 1. The summed E-state index contributed by atoms with van der Waals surface area (Å²) in [4.78, 5) is 19.1. The van der Waals surface area contributed by atoms with Crippen LogP contribution in [-0.2, 0) is 4.74 Å². The topological polar surface area (TPSA) is 95.5 Å². The molecule has 0 aromatic carbocycles. The van der Waals surface area contributed by atoms with Crippen LogP contribution in [0.4, 0.5) is 10.6 Å². The lowest BCUT2D eigenvalue weighted by Crippen LogP contribution is -2.49. The molecule has 4 heterocycles. The van der Waals surface area contributed by atoms with Crippen molar-refractivity contribution in [2.75, 3.05) is 18.0 Å². The molecule has 0 bridgehead atoms. The van der Waals surface area contributed by atoms with E-state index in [-0.39, 0.29) is 11.6 Å². The Morgan fingerprint density at radius 2 is 2.00 bits per heavy atom. The SMILES string of the molecule is CC(C)(C)NC(=O)OC1(C)CCN(c2ccc(-c3cc(Br)cn4ncc(C#N)c34)cn2)CC1. The number of hydrogen-bond donors (Lipinski definition) is 1. The molecule has 3 aromatic heterocycles. The van der Waals surface area contributed by atoms with Gasteiger partial charge in [0.25, 0.3) is 0 Å². The van der Waals surface area contributed by atoms with Crippen molar-refractivity contribution in [1.29, 1.82) is 5.26 Å². The minimum Gasteiger partial charge on any atom is -0.443 e. The summed E-state index contributed by atoms with van der Waals surface area (Å²) < 4.78 is 8.32. The Kier molecular flexibility index (Phi) is 6.06. The second-order valence-corrected chi connectivity index (χ2v) is 10.6. The number of carbonyl (C=O) groups is 1. The zero-order valence-electron chi connectivity index (χ0n) is 19.2. The van der Waals surface area contributed by atoms with Crippen molar-refractivity contribution in [3.8, 4) is 17.2 Å². The first-order chi connectivity index (χ1) is 15.6. The lowest BCUT2D eigenvalue weighted by molar-refractivity contribution is 0.00406. The average molecular weight is 511 g/mol. The third kappa shape index (κ3) is 5.11. The standard InChI is InChI=1S/C24H27BrN6O2/c1-23(2,3)29-22(32)33-24(4)7-9-30(10-8-24)20-6-5-16(13-27-20)19-11-18(25)15-31-21(19)17(12-26)14-28-31/h5-6,11,13-15H,7-10H2,1-4H3,(H,29,32). The Morgan fingerprint density at radius 1 is 1.27 bits per heavy atom. The van der Waals surface area contributed by atoms with Gasteiger partial charge in [-0.1, -0.05) is 0 Å². The Morgan fingerprint density at radius 3 is 2.61 bits per heavy atom. The molecule has 0 atom stereocenters. The van der Waals surface area contributed by atoms with Gasteiger partial charge in [-0.25, -0.2) is 14.3 Å². The van der Waals surface area contributed by atoms with Crippen molar-refractivity contribution in [3.63, 3.8) is 0 Å². The number of halogens is 1. The number of aromatic nitrogens is 3. The molecule has 33 heavy (non-hydrogen) atoms. The van der Waals surface area contributed by atoms with Gasteiger partial charge in [-0.2, -0.15) is 10.4 Å².